The van der Waals surface area contributed by atoms with E-state index in [1.807, 2.05) is 25.4 Å². The number of para-hydroxylation sites is 1. The van der Waals surface area contributed by atoms with Crippen LogP contribution in [0.15, 0.2) is 34.9 Å². The molecule has 0 saturated heterocycles. The maximum absolute atomic E-state index is 6.01. The Morgan fingerprint density at radius 3 is 2.68 bits per heavy atom. The highest BCUT2D eigenvalue weighted by atomic mass is 16.3. The zero-order valence-corrected chi connectivity index (χ0v) is 11.4. The molecule has 0 amide bonds. The quantitative estimate of drug-likeness (QED) is 0.888. The zero-order valence-electron chi connectivity index (χ0n) is 11.4. The second-order valence-electron chi connectivity index (χ2n) is 5.63. The van der Waals surface area contributed by atoms with Crippen LogP contribution in [-0.4, -0.2) is 13.1 Å². The minimum absolute atomic E-state index is 0.371. The van der Waals surface area contributed by atoms with E-state index in [0.29, 0.717) is 18.0 Å². The van der Waals surface area contributed by atoms with Crippen molar-refractivity contribution in [1.29, 1.82) is 0 Å². The van der Waals surface area contributed by atoms with Crippen LogP contribution in [0.5, 0.6) is 0 Å². The van der Waals surface area contributed by atoms with E-state index in [-0.39, 0.29) is 0 Å². The van der Waals surface area contributed by atoms with Gasteiger partial charge in [-0.05, 0) is 44.7 Å². The molecule has 102 valence electrons. The van der Waals surface area contributed by atoms with E-state index >= 15 is 0 Å². The van der Waals surface area contributed by atoms with Gasteiger partial charge < -0.3 is 15.5 Å². The first kappa shape index (κ1) is 12.7. The van der Waals surface area contributed by atoms with E-state index in [2.05, 4.69) is 17.4 Å². The molecule has 0 aliphatic heterocycles. The molecule has 1 atom stereocenters. The summed E-state index contributed by atoms with van der Waals surface area (Å²) in [4.78, 5) is 0. The minimum Gasteiger partial charge on any atom is -0.464 e. The summed E-state index contributed by atoms with van der Waals surface area (Å²) in [6.07, 6.45) is 6.59. The van der Waals surface area contributed by atoms with Gasteiger partial charge in [0.15, 0.2) is 0 Å². The van der Waals surface area contributed by atoms with Crippen LogP contribution in [0.1, 0.15) is 37.3 Å². The first-order chi connectivity index (χ1) is 9.29. The first-order valence-corrected chi connectivity index (χ1v) is 7.18. The standard InChI is InChI=1S/C16H22N2O/c1-18-16(11-6-8-12(17)9-7-11)14-10-19-15-5-3-2-4-13(14)15/h2-5,10-12,16,18H,6-9,17H2,1H3. The Kier molecular flexibility index (Phi) is 3.58. The summed E-state index contributed by atoms with van der Waals surface area (Å²) in [6, 6.07) is 9.04. The Labute approximate surface area is 114 Å². The van der Waals surface area contributed by atoms with Gasteiger partial charge in [0.2, 0.25) is 0 Å². The van der Waals surface area contributed by atoms with E-state index in [1.165, 1.54) is 23.8 Å². The molecule has 3 rings (SSSR count). The Hall–Kier alpha value is -1.32. The largest absolute Gasteiger partial charge is 0.464 e. The molecule has 1 fully saturated rings. The zero-order chi connectivity index (χ0) is 13.2. The van der Waals surface area contributed by atoms with Crippen molar-refractivity contribution in [2.45, 2.75) is 37.8 Å². The van der Waals surface area contributed by atoms with Gasteiger partial charge >= 0.3 is 0 Å². The number of nitrogens with one attached hydrogen (secondary N) is 1. The lowest BCUT2D eigenvalue weighted by Crippen LogP contribution is -2.33. The van der Waals surface area contributed by atoms with Crippen molar-refractivity contribution in [2.75, 3.05) is 7.05 Å². The van der Waals surface area contributed by atoms with Crippen LogP contribution in [0.4, 0.5) is 0 Å². The Balaban J connectivity index is 1.89. The van der Waals surface area contributed by atoms with E-state index in [4.69, 9.17) is 10.2 Å². The molecule has 1 unspecified atom stereocenters. The predicted octanol–water partition coefficient (Wildman–Crippen LogP) is 3.21. The molecule has 3 heteroatoms. The maximum Gasteiger partial charge on any atom is 0.134 e. The SMILES string of the molecule is CNC(c1coc2ccccc12)C1CCC(N)CC1. The Bertz CT molecular complexity index is 540. The fraction of sp³-hybridized carbons (Fsp3) is 0.500. The van der Waals surface area contributed by atoms with Crippen LogP contribution < -0.4 is 11.1 Å². The monoisotopic (exact) mass is 258 g/mol. The van der Waals surface area contributed by atoms with Crippen molar-refractivity contribution in [3.63, 3.8) is 0 Å². The summed E-state index contributed by atoms with van der Waals surface area (Å²) < 4.78 is 5.68. The van der Waals surface area contributed by atoms with Crippen LogP contribution in [0, 0.1) is 5.92 Å². The molecule has 1 saturated carbocycles. The highest BCUT2D eigenvalue weighted by Gasteiger charge is 2.28. The van der Waals surface area contributed by atoms with Crippen LogP contribution in [-0.2, 0) is 0 Å². The van der Waals surface area contributed by atoms with Gasteiger partial charge in [-0.1, -0.05) is 18.2 Å². The second-order valence-corrected chi connectivity index (χ2v) is 5.63. The molecule has 2 aromatic rings. The maximum atomic E-state index is 6.01. The van der Waals surface area contributed by atoms with Crippen LogP contribution in [0.3, 0.4) is 0 Å². The van der Waals surface area contributed by atoms with Crippen molar-refractivity contribution in [3.8, 4) is 0 Å². The highest BCUT2D eigenvalue weighted by molar-refractivity contribution is 5.81. The molecular weight excluding hydrogens is 236 g/mol. The van der Waals surface area contributed by atoms with E-state index in [9.17, 15) is 0 Å². The van der Waals surface area contributed by atoms with Crippen molar-refractivity contribution < 1.29 is 4.42 Å². The third kappa shape index (κ3) is 2.40. The van der Waals surface area contributed by atoms with Gasteiger partial charge in [0.1, 0.15) is 5.58 Å². The molecular formula is C16H22N2O. The number of hydrogen-bond donors (Lipinski definition) is 2. The number of benzene rings is 1. The molecule has 0 radical (unpaired) electrons. The summed E-state index contributed by atoms with van der Waals surface area (Å²) in [5.41, 5.74) is 8.28. The van der Waals surface area contributed by atoms with Crippen molar-refractivity contribution in [2.24, 2.45) is 11.7 Å². The fourth-order valence-corrected chi connectivity index (χ4v) is 3.36. The van der Waals surface area contributed by atoms with Crippen LogP contribution in [0.25, 0.3) is 11.0 Å². The number of fused-ring (bicyclic) bond motifs is 1. The average molecular weight is 258 g/mol. The fourth-order valence-electron chi connectivity index (χ4n) is 3.36. The number of rotatable bonds is 3. The third-order valence-electron chi connectivity index (χ3n) is 4.44. The van der Waals surface area contributed by atoms with Crippen molar-refractivity contribution in [1.82, 2.24) is 5.32 Å². The lowest BCUT2D eigenvalue weighted by Gasteiger charge is -2.32. The lowest BCUT2D eigenvalue weighted by molar-refractivity contribution is 0.262. The summed E-state index contributed by atoms with van der Waals surface area (Å²) in [7, 11) is 2.04. The molecule has 3 N–H and O–H groups in total. The molecule has 1 aliphatic carbocycles. The molecule has 3 nitrogen and oxygen atoms in total. The first-order valence-electron chi connectivity index (χ1n) is 7.18. The minimum atomic E-state index is 0.371. The van der Waals surface area contributed by atoms with Gasteiger partial charge in [0, 0.05) is 23.0 Å². The normalized spacial score (nSPS) is 25.6. The van der Waals surface area contributed by atoms with Crippen LogP contribution in [0.2, 0.25) is 0 Å². The smallest absolute Gasteiger partial charge is 0.134 e. The van der Waals surface area contributed by atoms with Gasteiger partial charge in [-0.2, -0.15) is 0 Å². The van der Waals surface area contributed by atoms with E-state index in [0.717, 1.165) is 18.4 Å². The molecule has 0 bridgehead atoms. The van der Waals surface area contributed by atoms with Crippen molar-refractivity contribution in [3.05, 3.63) is 36.1 Å². The molecule has 1 heterocycles. The highest BCUT2D eigenvalue weighted by Crippen LogP contribution is 2.37. The number of hydrogen-bond acceptors (Lipinski definition) is 3. The lowest BCUT2D eigenvalue weighted by atomic mass is 9.79. The summed E-state index contributed by atoms with van der Waals surface area (Å²) >= 11 is 0. The second kappa shape index (κ2) is 5.35. The van der Waals surface area contributed by atoms with Gasteiger partial charge in [0.05, 0.1) is 6.26 Å². The van der Waals surface area contributed by atoms with Gasteiger partial charge in [-0.3, -0.25) is 0 Å². The van der Waals surface area contributed by atoms with Gasteiger partial charge in [-0.15, -0.1) is 0 Å². The summed E-state index contributed by atoms with van der Waals surface area (Å²) in [6.45, 7) is 0. The molecule has 1 aromatic heterocycles. The molecule has 1 aliphatic rings. The van der Waals surface area contributed by atoms with E-state index < -0.39 is 0 Å². The Morgan fingerprint density at radius 2 is 1.95 bits per heavy atom. The Morgan fingerprint density at radius 1 is 1.21 bits per heavy atom. The molecule has 0 spiro atoms. The summed E-state index contributed by atoms with van der Waals surface area (Å²) in [5, 5.41) is 4.71. The number of nitrogens with two attached hydrogens (primary N) is 1. The van der Waals surface area contributed by atoms with Crippen molar-refractivity contribution >= 4 is 11.0 Å². The average Bonchev–Trinajstić information content (AvgIpc) is 2.86. The summed E-state index contributed by atoms with van der Waals surface area (Å²) in [5.74, 6) is 0.658. The topological polar surface area (TPSA) is 51.2 Å². The van der Waals surface area contributed by atoms with Gasteiger partial charge in [-0.25, -0.2) is 0 Å². The predicted molar refractivity (Wildman–Crippen MR) is 77.9 cm³/mol. The van der Waals surface area contributed by atoms with Gasteiger partial charge in [0.25, 0.3) is 0 Å². The van der Waals surface area contributed by atoms with E-state index in [1.54, 1.807) is 0 Å². The molecule has 1 aromatic carbocycles. The molecule has 19 heavy (non-hydrogen) atoms. The third-order valence-corrected chi connectivity index (χ3v) is 4.44. The number of furan rings is 1. The van der Waals surface area contributed by atoms with Crippen LogP contribution >= 0.6 is 0 Å².